The molecule has 0 saturated heterocycles. The molecule has 0 aliphatic heterocycles. The minimum atomic E-state index is -0.173. The number of amides is 1. The van der Waals surface area contributed by atoms with Gasteiger partial charge in [-0.05, 0) is 53.6 Å². The quantitative estimate of drug-likeness (QED) is 0.620. The van der Waals surface area contributed by atoms with Gasteiger partial charge in [0.05, 0.1) is 3.57 Å². The molecule has 0 aliphatic carbocycles. The van der Waals surface area contributed by atoms with Gasteiger partial charge in [-0.3, -0.25) is 4.79 Å². The fraction of sp³-hybridized carbons (Fsp3) is 0.417. The molecule has 1 rings (SSSR count). The Labute approximate surface area is 120 Å². The van der Waals surface area contributed by atoms with Crippen LogP contribution in [0, 0.1) is 3.57 Å². The van der Waals surface area contributed by atoms with E-state index in [-0.39, 0.29) is 17.7 Å². The summed E-state index contributed by atoms with van der Waals surface area (Å²) in [5.41, 5.74) is 0.468. The van der Waals surface area contributed by atoms with Crippen molar-refractivity contribution in [2.45, 2.75) is 25.8 Å². The summed E-state index contributed by atoms with van der Waals surface area (Å²) >= 11 is 7.67. The Bertz CT molecular complexity index is 398. The van der Waals surface area contributed by atoms with Crippen molar-refractivity contribution in [3.05, 3.63) is 27.3 Å². The molecule has 0 bridgehead atoms. The molecule has 1 aromatic carbocycles. The number of phenols is 1. The van der Waals surface area contributed by atoms with Gasteiger partial charge in [0.1, 0.15) is 5.75 Å². The van der Waals surface area contributed by atoms with Gasteiger partial charge in [0.15, 0.2) is 0 Å². The molecule has 17 heavy (non-hydrogen) atoms. The van der Waals surface area contributed by atoms with Crippen molar-refractivity contribution < 1.29 is 9.90 Å². The minimum absolute atomic E-state index is 0.0846. The number of alkyl halides is 1. The van der Waals surface area contributed by atoms with Crippen molar-refractivity contribution in [1.82, 2.24) is 5.32 Å². The predicted octanol–water partition coefficient (Wildman–Crippen LogP) is 3.13. The number of halogens is 2. The summed E-state index contributed by atoms with van der Waals surface area (Å²) in [6.45, 7) is 2.00. The monoisotopic (exact) mass is 367 g/mol. The van der Waals surface area contributed by atoms with Gasteiger partial charge in [0.25, 0.3) is 5.91 Å². The first-order valence-electron chi connectivity index (χ1n) is 5.43. The lowest BCUT2D eigenvalue weighted by Crippen LogP contribution is -2.34. The van der Waals surface area contributed by atoms with Crippen molar-refractivity contribution in [1.29, 1.82) is 0 Å². The maximum absolute atomic E-state index is 11.9. The van der Waals surface area contributed by atoms with Crippen LogP contribution in [0.25, 0.3) is 0 Å². The first-order chi connectivity index (χ1) is 8.08. The van der Waals surface area contributed by atoms with E-state index < -0.39 is 0 Å². The number of rotatable bonds is 5. The number of benzene rings is 1. The number of aromatic hydroxyl groups is 1. The Morgan fingerprint density at radius 3 is 2.82 bits per heavy atom. The van der Waals surface area contributed by atoms with Gasteiger partial charge < -0.3 is 10.4 Å². The summed E-state index contributed by atoms with van der Waals surface area (Å²) in [5.74, 6) is 0.480. The molecule has 1 amide bonds. The molecule has 5 heteroatoms. The van der Waals surface area contributed by atoms with Gasteiger partial charge in [-0.15, -0.1) is 11.6 Å². The SMILES string of the molecule is CCC(CCCl)NC(=O)c1ccc(I)c(O)c1. The zero-order valence-electron chi connectivity index (χ0n) is 9.54. The molecule has 0 fully saturated rings. The van der Waals surface area contributed by atoms with Crippen LogP contribution in [0.3, 0.4) is 0 Å². The van der Waals surface area contributed by atoms with Crippen molar-refractivity contribution in [2.75, 3.05) is 5.88 Å². The highest BCUT2D eigenvalue weighted by molar-refractivity contribution is 14.1. The van der Waals surface area contributed by atoms with E-state index in [4.69, 9.17) is 11.6 Å². The fourth-order valence-electron chi connectivity index (χ4n) is 1.43. The van der Waals surface area contributed by atoms with Crippen molar-refractivity contribution >= 4 is 40.1 Å². The second kappa shape index (κ2) is 7.06. The van der Waals surface area contributed by atoms with Crippen LogP contribution in [0.4, 0.5) is 0 Å². The number of hydrogen-bond acceptors (Lipinski definition) is 2. The van der Waals surface area contributed by atoms with Crippen LogP contribution in [0.1, 0.15) is 30.1 Å². The smallest absolute Gasteiger partial charge is 0.251 e. The number of nitrogens with one attached hydrogen (secondary N) is 1. The van der Waals surface area contributed by atoms with Crippen molar-refractivity contribution in [2.24, 2.45) is 0 Å². The van der Waals surface area contributed by atoms with Crippen LogP contribution in [-0.4, -0.2) is 22.9 Å². The van der Waals surface area contributed by atoms with Gasteiger partial charge in [0, 0.05) is 17.5 Å². The Morgan fingerprint density at radius 2 is 2.29 bits per heavy atom. The molecule has 0 spiro atoms. The normalized spacial score (nSPS) is 12.2. The van der Waals surface area contributed by atoms with Gasteiger partial charge in [0.2, 0.25) is 0 Å². The van der Waals surface area contributed by atoms with E-state index in [0.717, 1.165) is 16.4 Å². The molecule has 0 aromatic heterocycles. The topological polar surface area (TPSA) is 49.3 Å². The molecular formula is C12H15ClINO2. The number of hydrogen-bond donors (Lipinski definition) is 2. The molecule has 0 radical (unpaired) electrons. The maximum atomic E-state index is 11.9. The van der Waals surface area contributed by atoms with E-state index in [2.05, 4.69) is 5.32 Å². The van der Waals surface area contributed by atoms with Crippen LogP contribution in [0.2, 0.25) is 0 Å². The summed E-state index contributed by atoms with van der Waals surface area (Å²) in [4.78, 5) is 11.9. The summed E-state index contributed by atoms with van der Waals surface area (Å²) in [6.07, 6.45) is 1.59. The van der Waals surface area contributed by atoms with Gasteiger partial charge in [-0.1, -0.05) is 6.92 Å². The van der Waals surface area contributed by atoms with Gasteiger partial charge in [-0.2, -0.15) is 0 Å². The average Bonchev–Trinajstić information content (AvgIpc) is 2.31. The molecular weight excluding hydrogens is 352 g/mol. The number of carbonyl (C=O) groups excluding carboxylic acids is 1. The summed E-state index contributed by atoms with van der Waals surface area (Å²) in [6, 6.07) is 4.98. The molecule has 1 aromatic rings. The van der Waals surface area contributed by atoms with Crippen LogP contribution < -0.4 is 5.32 Å². The van der Waals surface area contributed by atoms with Crippen LogP contribution in [0.15, 0.2) is 18.2 Å². The van der Waals surface area contributed by atoms with Crippen LogP contribution in [-0.2, 0) is 0 Å². The van der Waals surface area contributed by atoms with Gasteiger partial charge >= 0.3 is 0 Å². The van der Waals surface area contributed by atoms with Crippen LogP contribution >= 0.6 is 34.2 Å². The van der Waals surface area contributed by atoms with Crippen molar-refractivity contribution in [3.8, 4) is 5.75 Å². The first-order valence-corrected chi connectivity index (χ1v) is 7.05. The largest absolute Gasteiger partial charge is 0.507 e. The molecule has 1 unspecified atom stereocenters. The third-order valence-electron chi connectivity index (χ3n) is 2.49. The third-order valence-corrected chi connectivity index (χ3v) is 3.62. The number of phenolic OH excluding ortho intramolecular Hbond substituents is 1. The lowest BCUT2D eigenvalue weighted by Gasteiger charge is -2.15. The van der Waals surface area contributed by atoms with Crippen LogP contribution in [0.5, 0.6) is 5.75 Å². The zero-order chi connectivity index (χ0) is 12.8. The van der Waals surface area contributed by atoms with E-state index in [9.17, 15) is 9.90 Å². The highest BCUT2D eigenvalue weighted by Gasteiger charge is 2.12. The third kappa shape index (κ3) is 4.35. The Morgan fingerprint density at radius 1 is 1.59 bits per heavy atom. The van der Waals surface area contributed by atoms with E-state index in [0.29, 0.717) is 11.4 Å². The second-order valence-corrected chi connectivity index (χ2v) is 5.26. The van der Waals surface area contributed by atoms with Gasteiger partial charge in [-0.25, -0.2) is 0 Å². The molecule has 1 atom stereocenters. The van der Waals surface area contributed by atoms with E-state index >= 15 is 0 Å². The van der Waals surface area contributed by atoms with E-state index in [1.807, 2.05) is 29.5 Å². The summed E-state index contributed by atoms with van der Waals surface area (Å²) < 4.78 is 0.729. The standard InChI is InChI=1S/C12H15ClINO2/c1-2-9(5-6-13)15-12(17)8-3-4-10(14)11(16)7-8/h3-4,7,9,16H,2,5-6H2,1H3,(H,15,17). The molecule has 0 aliphatic rings. The average molecular weight is 368 g/mol. The lowest BCUT2D eigenvalue weighted by atomic mass is 10.1. The second-order valence-electron chi connectivity index (χ2n) is 3.72. The molecule has 2 N–H and O–H groups in total. The van der Waals surface area contributed by atoms with E-state index in [1.54, 1.807) is 12.1 Å². The predicted molar refractivity (Wildman–Crippen MR) is 77.7 cm³/mol. The molecule has 0 heterocycles. The fourth-order valence-corrected chi connectivity index (χ4v) is 2.03. The summed E-state index contributed by atoms with van der Waals surface area (Å²) in [5, 5.41) is 12.4. The maximum Gasteiger partial charge on any atom is 0.251 e. The van der Waals surface area contributed by atoms with Crippen molar-refractivity contribution in [3.63, 3.8) is 0 Å². The summed E-state index contributed by atoms with van der Waals surface area (Å²) in [7, 11) is 0. The number of carbonyl (C=O) groups is 1. The Balaban J connectivity index is 2.72. The lowest BCUT2D eigenvalue weighted by molar-refractivity contribution is 0.0934. The molecule has 94 valence electrons. The Hall–Kier alpha value is -0.490. The zero-order valence-corrected chi connectivity index (χ0v) is 12.5. The minimum Gasteiger partial charge on any atom is -0.507 e. The van der Waals surface area contributed by atoms with E-state index in [1.165, 1.54) is 6.07 Å². The molecule has 3 nitrogen and oxygen atoms in total. The highest BCUT2D eigenvalue weighted by atomic mass is 127. The highest BCUT2D eigenvalue weighted by Crippen LogP contribution is 2.20. The first kappa shape index (κ1) is 14.6. The molecule has 0 saturated carbocycles. The Kier molecular flexibility index (Phi) is 6.05.